The van der Waals surface area contributed by atoms with Crippen LogP contribution < -0.4 is 11.5 Å². The van der Waals surface area contributed by atoms with Gasteiger partial charge in [-0.05, 0) is 36.0 Å². The van der Waals surface area contributed by atoms with Crippen LogP contribution in [0.3, 0.4) is 0 Å². The molecule has 3 aliphatic carbocycles. The number of aromatic hydroxyl groups is 1. The summed E-state index contributed by atoms with van der Waals surface area (Å²) in [6.45, 7) is 0. The topological polar surface area (TPSA) is 210 Å². The smallest absolute Gasteiger partial charge is 0.255 e. The Morgan fingerprint density at radius 1 is 1.21 bits per heavy atom. The van der Waals surface area contributed by atoms with E-state index in [0.717, 1.165) is 0 Å². The van der Waals surface area contributed by atoms with Crippen LogP contribution in [0.2, 0.25) is 0 Å². The second-order valence-electron chi connectivity index (χ2n) is 8.48. The molecule has 0 aliphatic heterocycles. The fourth-order valence-corrected chi connectivity index (χ4v) is 5.33. The zero-order chi connectivity index (χ0) is 23.8. The maximum Gasteiger partial charge on any atom is 0.255 e. The first-order valence-corrected chi connectivity index (χ1v) is 10.1. The standard InChI is InChI=1S/C22H19N3O8/c23-16-11-4-7-3-10-9(8-5-25-33-6-8)1-2-12(26)14(10)17(27)13(7)19(29)22(11,32)20(30)15(18(16)28)21(24)31/h1-2,5-7,11,16,26-27,30,32H,3-4,23H2,(H2,24,31)/t7-,11?,16+,22-/m0/s1. The quantitative estimate of drug-likeness (QED) is 0.335. The number of aliphatic hydroxyl groups is 3. The number of carbonyl (C=O) groups excluding carboxylic acids is 3. The van der Waals surface area contributed by atoms with Crippen molar-refractivity contribution in [2.45, 2.75) is 24.5 Å². The predicted octanol–water partition coefficient (Wildman–Crippen LogP) is 0.0161. The molecule has 8 N–H and O–H groups in total. The van der Waals surface area contributed by atoms with Crippen molar-refractivity contribution in [3.05, 3.63) is 52.6 Å². The molecule has 0 spiro atoms. The Morgan fingerprint density at radius 2 is 1.94 bits per heavy atom. The molecule has 0 saturated heterocycles. The molecular formula is C22H19N3O8. The highest BCUT2D eigenvalue weighted by Crippen LogP contribution is 2.52. The van der Waals surface area contributed by atoms with E-state index in [0.29, 0.717) is 16.7 Å². The predicted molar refractivity (Wildman–Crippen MR) is 110 cm³/mol. The normalized spacial score (nSPS) is 29.0. The minimum absolute atomic E-state index is 0.00914. The summed E-state index contributed by atoms with van der Waals surface area (Å²) in [4.78, 5) is 37.8. The maximum absolute atomic E-state index is 13.5. The Hall–Kier alpha value is -3.96. The van der Waals surface area contributed by atoms with Gasteiger partial charge in [-0.15, -0.1) is 0 Å². The van der Waals surface area contributed by atoms with Crippen molar-refractivity contribution in [1.29, 1.82) is 0 Å². The van der Waals surface area contributed by atoms with Crippen LogP contribution in [0.15, 0.2) is 46.0 Å². The van der Waals surface area contributed by atoms with E-state index in [1.807, 2.05) is 0 Å². The van der Waals surface area contributed by atoms with E-state index in [1.54, 1.807) is 6.07 Å². The van der Waals surface area contributed by atoms with Crippen molar-refractivity contribution in [2.75, 3.05) is 0 Å². The van der Waals surface area contributed by atoms with Crippen molar-refractivity contribution in [2.24, 2.45) is 23.3 Å². The number of ketones is 2. The number of nitrogens with two attached hydrogens (primary N) is 2. The summed E-state index contributed by atoms with van der Waals surface area (Å²) in [6, 6.07) is 1.47. The molecule has 170 valence electrons. The first-order chi connectivity index (χ1) is 15.6. The summed E-state index contributed by atoms with van der Waals surface area (Å²) in [5, 5.41) is 47.1. The molecule has 1 saturated carbocycles. The zero-order valence-electron chi connectivity index (χ0n) is 17.0. The summed E-state index contributed by atoms with van der Waals surface area (Å²) >= 11 is 0. The molecule has 5 rings (SSSR count). The minimum atomic E-state index is -2.73. The number of hydrogen-bond donors (Lipinski definition) is 6. The Balaban J connectivity index is 1.74. The van der Waals surface area contributed by atoms with Crippen molar-refractivity contribution in [3.63, 3.8) is 0 Å². The molecule has 4 atom stereocenters. The molecule has 11 nitrogen and oxygen atoms in total. The Kier molecular flexibility index (Phi) is 4.29. The molecule has 3 aliphatic rings. The number of aromatic nitrogens is 1. The monoisotopic (exact) mass is 453 g/mol. The van der Waals surface area contributed by atoms with E-state index < -0.39 is 58.0 Å². The molecule has 2 aromatic rings. The number of phenolic OH excluding ortho intramolecular Hbond substituents is 1. The third-order valence-corrected chi connectivity index (χ3v) is 6.88. The molecule has 1 unspecified atom stereocenters. The molecule has 33 heavy (non-hydrogen) atoms. The van der Waals surface area contributed by atoms with Crippen LogP contribution >= 0.6 is 0 Å². The fourth-order valence-electron chi connectivity index (χ4n) is 5.33. The van der Waals surface area contributed by atoms with E-state index in [9.17, 15) is 34.8 Å². The highest BCUT2D eigenvalue weighted by Gasteiger charge is 2.63. The van der Waals surface area contributed by atoms with Gasteiger partial charge >= 0.3 is 0 Å². The van der Waals surface area contributed by atoms with Gasteiger partial charge in [-0.1, -0.05) is 11.2 Å². The fraction of sp³-hybridized carbons (Fsp3) is 0.273. The molecule has 1 amide bonds. The average molecular weight is 453 g/mol. The van der Waals surface area contributed by atoms with Gasteiger partial charge in [0.05, 0.1) is 17.8 Å². The van der Waals surface area contributed by atoms with Gasteiger partial charge in [-0.3, -0.25) is 14.4 Å². The number of primary amides is 1. The maximum atomic E-state index is 13.5. The Morgan fingerprint density at radius 3 is 2.58 bits per heavy atom. The molecular weight excluding hydrogens is 434 g/mol. The lowest BCUT2D eigenvalue weighted by Crippen LogP contribution is -2.65. The molecule has 1 fully saturated rings. The summed E-state index contributed by atoms with van der Waals surface area (Å²) in [6.07, 6.45) is 2.92. The summed E-state index contributed by atoms with van der Waals surface area (Å²) < 4.78 is 4.89. The van der Waals surface area contributed by atoms with Gasteiger partial charge in [0.1, 0.15) is 29.1 Å². The number of phenols is 1. The van der Waals surface area contributed by atoms with Gasteiger partial charge < -0.3 is 36.4 Å². The number of hydrogen-bond acceptors (Lipinski definition) is 10. The van der Waals surface area contributed by atoms with E-state index in [2.05, 4.69) is 5.16 Å². The van der Waals surface area contributed by atoms with E-state index in [1.165, 1.54) is 18.5 Å². The van der Waals surface area contributed by atoms with Gasteiger partial charge in [-0.25, -0.2) is 0 Å². The highest BCUT2D eigenvalue weighted by molar-refractivity contribution is 6.24. The zero-order valence-corrected chi connectivity index (χ0v) is 17.0. The first kappa shape index (κ1) is 20.9. The van der Waals surface area contributed by atoms with E-state index in [4.69, 9.17) is 16.0 Å². The Bertz CT molecular complexity index is 1310. The number of aliphatic hydroxyl groups excluding tert-OH is 2. The van der Waals surface area contributed by atoms with Gasteiger partial charge in [0.2, 0.25) is 5.78 Å². The summed E-state index contributed by atoms with van der Waals surface area (Å²) in [5.41, 5.74) is 8.95. The average Bonchev–Trinajstić information content (AvgIpc) is 3.29. The van der Waals surface area contributed by atoms with Crippen molar-refractivity contribution in [1.82, 2.24) is 5.16 Å². The first-order valence-electron chi connectivity index (χ1n) is 10.1. The molecule has 1 aromatic heterocycles. The molecule has 0 bridgehead atoms. The van der Waals surface area contributed by atoms with Crippen LogP contribution in [-0.2, 0) is 20.8 Å². The lowest BCUT2D eigenvalue weighted by atomic mass is 9.57. The number of Topliss-reactive ketones (excluding diaryl/α,β-unsaturated/α-hetero) is 2. The van der Waals surface area contributed by atoms with Crippen LogP contribution in [0.1, 0.15) is 17.5 Å². The van der Waals surface area contributed by atoms with Crippen LogP contribution in [0.25, 0.3) is 16.9 Å². The number of benzene rings is 1. The molecule has 0 radical (unpaired) electrons. The summed E-state index contributed by atoms with van der Waals surface area (Å²) in [5.74, 6) is -7.44. The lowest BCUT2D eigenvalue weighted by Gasteiger charge is -2.48. The SMILES string of the molecule is NC(=O)C1=C(O)[C@@]2(O)C(=O)C3=C(O)c4c(O)ccc(-c5cnoc5)c4C[C@H]3CC2[C@@H](N)C1=O. The second kappa shape index (κ2) is 6.77. The molecule has 1 aromatic carbocycles. The van der Waals surface area contributed by atoms with Gasteiger partial charge in [0.25, 0.3) is 5.91 Å². The van der Waals surface area contributed by atoms with Gasteiger partial charge in [0, 0.05) is 17.1 Å². The number of carbonyl (C=O) groups is 3. The number of fused-ring (bicyclic) bond motifs is 3. The van der Waals surface area contributed by atoms with Crippen LogP contribution in [0.5, 0.6) is 5.75 Å². The van der Waals surface area contributed by atoms with Crippen molar-refractivity contribution >= 4 is 23.2 Å². The molecule has 11 heteroatoms. The summed E-state index contributed by atoms with van der Waals surface area (Å²) in [7, 11) is 0. The van der Waals surface area contributed by atoms with Crippen molar-refractivity contribution < 1.29 is 39.3 Å². The minimum Gasteiger partial charge on any atom is -0.508 e. The number of rotatable bonds is 2. The third-order valence-electron chi connectivity index (χ3n) is 6.88. The second-order valence-corrected chi connectivity index (χ2v) is 8.48. The van der Waals surface area contributed by atoms with Crippen LogP contribution in [0, 0.1) is 11.8 Å². The van der Waals surface area contributed by atoms with Gasteiger partial charge in [0.15, 0.2) is 11.4 Å². The highest BCUT2D eigenvalue weighted by atomic mass is 16.5. The van der Waals surface area contributed by atoms with E-state index >= 15 is 0 Å². The number of amides is 1. The van der Waals surface area contributed by atoms with E-state index in [-0.39, 0.29) is 29.7 Å². The largest absolute Gasteiger partial charge is 0.508 e. The van der Waals surface area contributed by atoms with Crippen LogP contribution in [0.4, 0.5) is 0 Å². The Labute approximate surface area is 185 Å². The van der Waals surface area contributed by atoms with Gasteiger partial charge in [-0.2, -0.15) is 0 Å². The van der Waals surface area contributed by atoms with Crippen molar-refractivity contribution in [3.8, 4) is 16.9 Å². The lowest BCUT2D eigenvalue weighted by molar-refractivity contribution is -0.149. The molecule has 1 heterocycles. The third kappa shape index (κ3) is 2.57. The van der Waals surface area contributed by atoms with Crippen LogP contribution in [-0.4, -0.2) is 54.7 Å². The number of nitrogens with zero attached hydrogens (tertiary/aromatic N) is 1.